The smallest absolute Gasteiger partial charge is 0.336 e. The molecule has 1 unspecified atom stereocenters. The number of amides is 2. The highest BCUT2D eigenvalue weighted by Crippen LogP contribution is 2.20. The van der Waals surface area contributed by atoms with Crippen molar-refractivity contribution in [2.75, 3.05) is 18.4 Å². The van der Waals surface area contributed by atoms with E-state index in [0.29, 0.717) is 30.8 Å². The molecule has 1 aromatic rings. The number of benzene rings is 1. The number of aliphatic hydroxyl groups excluding tert-OH is 1. The normalized spacial score (nSPS) is 18.7. The molecule has 0 spiro atoms. The van der Waals surface area contributed by atoms with E-state index in [2.05, 4.69) is 5.32 Å². The van der Waals surface area contributed by atoms with Gasteiger partial charge in [-0.3, -0.25) is 0 Å². The second kappa shape index (κ2) is 5.92. The Morgan fingerprint density at radius 3 is 2.80 bits per heavy atom. The minimum atomic E-state index is -1.02. The zero-order chi connectivity index (χ0) is 14.7. The summed E-state index contributed by atoms with van der Waals surface area (Å²) in [6.45, 7) is 2.56. The highest BCUT2D eigenvalue weighted by molar-refractivity contribution is 5.95. The summed E-state index contributed by atoms with van der Waals surface area (Å²) in [7, 11) is 0. The number of β-amino-alcohol motifs (C(OH)–C–C–N with tert-alkyl or cyclic N) is 1. The number of carboxylic acids is 1. The van der Waals surface area contributed by atoms with Crippen LogP contribution in [0.5, 0.6) is 0 Å². The maximum atomic E-state index is 12.1. The molecule has 1 aliphatic rings. The molecule has 1 atom stereocenters. The first-order valence-electron chi connectivity index (χ1n) is 6.56. The molecule has 1 fully saturated rings. The largest absolute Gasteiger partial charge is 0.478 e. The van der Waals surface area contributed by atoms with Crippen molar-refractivity contribution in [3.63, 3.8) is 0 Å². The number of rotatable bonds is 2. The van der Waals surface area contributed by atoms with Gasteiger partial charge in [0.15, 0.2) is 0 Å². The van der Waals surface area contributed by atoms with E-state index in [9.17, 15) is 14.7 Å². The molecule has 108 valence electrons. The summed E-state index contributed by atoms with van der Waals surface area (Å²) in [5.74, 6) is -1.02. The predicted octanol–water partition coefficient (Wildman–Crippen LogP) is 1.68. The topological polar surface area (TPSA) is 89.9 Å². The molecule has 20 heavy (non-hydrogen) atoms. The molecular formula is C14H18N2O4. The Balaban J connectivity index is 2.11. The minimum Gasteiger partial charge on any atom is -0.478 e. The maximum Gasteiger partial charge on any atom is 0.336 e. The van der Waals surface area contributed by atoms with Gasteiger partial charge < -0.3 is 20.4 Å². The fourth-order valence-electron chi connectivity index (χ4n) is 2.34. The standard InChI is InChI=1S/C14H18N2O4/c1-9-11(13(18)19)5-2-6-12(9)15-14(20)16-7-3-4-10(17)8-16/h2,5-6,10,17H,3-4,7-8H2,1H3,(H,15,20)(H,18,19). The van der Waals surface area contributed by atoms with E-state index in [0.717, 1.165) is 6.42 Å². The average molecular weight is 278 g/mol. The first kappa shape index (κ1) is 14.3. The highest BCUT2D eigenvalue weighted by atomic mass is 16.4. The van der Waals surface area contributed by atoms with Crippen molar-refractivity contribution in [1.29, 1.82) is 0 Å². The van der Waals surface area contributed by atoms with Gasteiger partial charge in [0.05, 0.1) is 11.7 Å². The third kappa shape index (κ3) is 3.08. The Morgan fingerprint density at radius 1 is 1.40 bits per heavy atom. The van der Waals surface area contributed by atoms with E-state index in [-0.39, 0.29) is 11.6 Å². The lowest BCUT2D eigenvalue weighted by molar-refractivity contribution is 0.0696. The molecule has 1 heterocycles. The van der Waals surface area contributed by atoms with Crippen molar-refractivity contribution in [2.24, 2.45) is 0 Å². The zero-order valence-electron chi connectivity index (χ0n) is 11.3. The number of likely N-dealkylation sites (tertiary alicyclic amines) is 1. The molecule has 1 saturated heterocycles. The summed E-state index contributed by atoms with van der Waals surface area (Å²) in [6, 6.07) is 4.45. The van der Waals surface area contributed by atoms with Crippen LogP contribution < -0.4 is 5.32 Å². The number of carbonyl (C=O) groups is 2. The number of anilines is 1. The van der Waals surface area contributed by atoms with Gasteiger partial charge in [0.1, 0.15) is 0 Å². The molecule has 0 aromatic heterocycles. The number of urea groups is 1. The second-order valence-corrected chi connectivity index (χ2v) is 4.96. The number of carboxylic acid groups (broad SMARTS) is 1. The van der Waals surface area contributed by atoms with E-state index in [4.69, 9.17) is 5.11 Å². The molecular weight excluding hydrogens is 260 g/mol. The van der Waals surface area contributed by atoms with Gasteiger partial charge in [-0.25, -0.2) is 9.59 Å². The van der Waals surface area contributed by atoms with E-state index < -0.39 is 12.1 Å². The third-order valence-electron chi connectivity index (χ3n) is 3.49. The Labute approximate surface area is 117 Å². The molecule has 1 aromatic carbocycles. The average Bonchev–Trinajstić information content (AvgIpc) is 2.40. The van der Waals surface area contributed by atoms with E-state index in [1.54, 1.807) is 24.0 Å². The van der Waals surface area contributed by atoms with Gasteiger partial charge in [0.2, 0.25) is 0 Å². The molecule has 6 heteroatoms. The molecule has 6 nitrogen and oxygen atoms in total. The van der Waals surface area contributed by atoms with Crippen LogP contribution in [0.25, 0.3) is 0 Å². The van der Waals surface area contributed by atoms with Crippen molar-refractivity contribution >= 4 is 17.7 Å². The fourth-order valence-corrected chi connectivity index (χ4v) is 2.34. The van der Waals surface area contributed by atoms with E-state index >= 15 is 0 Å². The highest BCUT2D eigenvalue weighted by Gasteiger charge is 2.22. The van der Waals surface area contributed by atoms with E-state index in [1.165, 1.54) is 6.07 Å². The summed E-state index contributed by atoms with van der Waals surface area (Å²) >= 11 is 0. The lowest BCUT2D eigenvalue weighted by Crippen LogP contribution is -2.44. The summed E-state index contributed by atoms with van der Waals surface area (Å²) in [5.41, 5.74) is 1.17. The number of nitrogens with zero attached hydrogens (tertiary/aromatic N) is 1. The lowest BCUT2D eigenvalue weighted by atomic mass is 10.1. The molecule has 0 radical (unpaired) electrons. The monoisotopic (exact) mass is 278 g/mol. The number of carbonyl (C=O) groups excluding carboxylic acids is 1. The van der Waals surface area contributed by atoms with Crippen LogP contribution in [-0.4, -0.2) is 46.3 Å². The first-order chi connectivity index (χ1) is 9.49. The van der Waals surface area contributed by atoms with Crippen LogP contribution in [-0.2, 0) is 0 Å². The quantitative estimate of drug-likeness (QED) is 0.767. The van der Waals surface area contributed by atoms with Crippen LogP contribution in [0.4, 0.5) is 10.5 Å². The SMILES string of the molecule is Cc1c(NC(=O)N2CCCC(O)C2)cccc1C(=O)O. The maximum absolute atomic E-state index is 12.1. The van der Waals surface area contributed by atoms with Gasteiger partial charge in [0, 0.05) is 18.8 Å². The van der Waals surface area contributed by atoms with Gasteiger partial charge in [-0.2, -0.15) is 0 Å². The van der Waals surface area contributed by atoms with Crippen molar-refractivity contribution in [3.05, 3.63) is 29.3 Å². The van der Waals surface area contributed by atoms with E-state index in [1.807, 2.05) is 0 Å². The number of nitrogens with one attached hydrogen (secondary N) is 1. The number of aliphatic hydroxyl groups is 1. The summed E-state index contributed by atoms with van der Waals surface area (Å²) in [6.07, 6.45) is 0.987. The van der Waals surface area contributed by atoms with Crippen LogP contribution >= 0.6 is 0 Å². The molecule has 0 aliphatic carbocycles. The van der Waals surface area contributed by atoms with Crippen LogP contribution in [0, 0.1) is 6.92 Å². The van der Waals surface area contributed by atoms with Gasteiger partial charge in [0.25, 0.3) is 0 Å². The third-order valence-corrected chi connectivity index (χ3v) is 3.49. The Kier molecular flexibility index (Phi) is 4.24. The fraction of sp³-hybridized carbons (Fsp3) is 0.429. The van der Waals surface area contributed by atoms with Crippen LogP contribution in [0.2, 0.25) is 0 Å². The van der Waals surface area contributed by atoms with Crippen molar-refractivity contribution < 1.29 is 19.8 Å². The predicted molar refractivity (Wildman–Crippen MR) is 74.0 cm³/mol. The zero-order valence-corrected chi connectivity index (χ0v) is 11.3. The van der Waals surface area contributed by atoms with Crippen LogP contribution in [0.1, 0.15) is 28.8 Å². The number of piperidine rings is 1. The Bertz CT molecular complexity index is 530. The van der Waals surface area contributed by atoms with Crippen LogP contribution in [0.3, 0.4) is 0 Å². The molecule has 0 bridgehead atoms. The van der Waals surface area contributed by atoms with Crippen LogP contribution in [0.15, 0.2) is 18.2 Å². The summed E-state index contributed by atoms with van der Waals surface area (Å²) in [4.78, 5) is 24.7. The van der Waals surface area contributed by atoms with Gasteiger partial charge in [-0.1, -0.05) is 6.07 Å². The number of hydrogen-bond donors (Lipinski definition) is 3. The molecule has 1 aliphatic heterocycles. The van der Waals surface area contributed by atoms with Gasteiger partial charge >= 0.3 is 12.0 Å². The molecule has 2 amide bonds. The molecule has 2 rings (SSSR count). The lowest BCUT2D eigenvalue weighted by Gasteiger charge is -2.30. The minimum absolute atomic E-state index is 0.168. The summed E-state index contributed by atoms with van der Waals surface area (Å²) < 4.78 is 0. The molecule has 3 N–H and O–H groups in total. The Hall–Kier alpha value is -2.08. The van der Waals surface area contributed by atoms with Gasteiger partial charge in [-0.15, -0.1) is 0 Å². The first-order valence-corrected chi connectivity index (χ1v) is 6.56. The van der Waals surface area contributed by atoms with Crippen molar-refractivity contribution in [1.82, 2.24) is 4.90 Å². The molecule has 0 saturated carbocycles. The van der Waals surface area contributed by atoms with Crippen molar-refractivity contribution in [3.8, 4) is 0 Å². The van der Waals surface area contributed by atoms with Gasteiger partial charge in [-0.05, 0) is 37.5 Å². The van der Waals surface area contributed by atoms with Crippen molar-refractivity contribution in [2.45, 2.75) is 25.9 Å². The number of aromatic carboxylic acids is 1. The second-order valence-electron chi connectivity index (χ2n) is 4.96. The number of hydrogen-bond acceptors (Lipinski definition) is 3. The Morgan fingerprint density at radius 2 is 2.15 bits per heavy atom. The summed E-state index contributed by atoms with van der Waals surface area (Å²) in [5, 5.41) is 21.3.